The van der Waals surface area contributed by atoms with Crippen LogP contribution in [0.2, 0.25) is 0 Å². The first-order valence-corrected chi connectivity index (χ1v) is 17.9. The van der Waals surface area contributed by atoms with Crippen molar-refractivity contribution in [2.75, 3.05) is 69.6 Å². The maximum absolute atomic E-state index is 14.4. The number of benzene rings is 3. The Morgan fingerprint density at radius 2 is 1.40 bits per heavy atom. The molecule has 266 valence electrons. The molecule has 11 nitrogen and oxygen atoms in total. The van der Waals surface area contributed by atoms with Crippen molar-refractivity contribution < 1.29 is 9.59 Å². The van der Waals surface area contributed by atoms with Crippen molar-refractivity contribution >= 4 is 29.1 Å². The highest BCUT2D eigenvalue weighted by molar-refractivity contribution is 6.25. The smallest absolute Gasteiger partial charge is 0.265 e. The number of piperazine rings is 2. The summed E-state index contributed by atoms with van der Waals surface area (Å²) < 4.78 is 0. The second-order valence-corrected chi connectivity index (χ2v) is 13.6. The van der Waals surface area contributed by atoms with Gasteiger partial charge in [0.25, 0.3) is 11.8 Å². The Morgan fingerprint density at radius 1 is 0.769 bits per heavy atom. The molecule has 11 heteroatoms. The fourth-order valence-electron chi connectivity index (χ4n) is 6.58. The molecular weight excluding hydrogens is 651 g/mol. The van der Waals surface area contributed by atoms with Gasteiger partial charge >= 0.3 is 0 Å². The van der Waals surface area contributed by atoms with Gasteiger partial charge in [-0.25, -0.2) is 14.9 Å². The predicted molar refractivity (Wildman–Crippen MR) is 205 cm³/mol. The van der Waals surface area contributed by atoms with E-state index in [0.717, 1.165) is 93.4 Å². The second kappa shape index (κ2) is 16.3. The van der Waals surface area contributed by atoms with Crippen molar-refractivity contribution in [3.05, 3.63) is 131 Å². The van der Waals surface area contributed by atoms with Crippen LogP contribution < -0.4 is 15.5 Å². The molecule has 0 unspecified atom stereocenters. The van der Waals surface area contributed by atoms with Gasteiger partial charge in [-0.1, -0.05) is 30.3 Å². The van der Waals surface area contributed by atoms with E-state index in [2.05, 4.69) is 42.3 Å². The van der Waals surface area contributed by atoms with Gasteiger partial charge in [-0.2, -0.15) is 0 Å². The summed E-state index contributed by atoms with van der Waals surface area (Å²) in [6, 6.07) is 26.4. The quantitative estimate of drug-likeness (QED) is 0.189. The third kappa shape index (κ3) is 8.58. The number of carbonyl (C=O) groups is 2. The summed E-state index contributed by atoms with van der Waals surface area (Å²) in [5.74, 6) is -0.405. The highest BCUT2D eigenvalue weighted by Crippen LogP contribution is 2.29. The number of carbonyl (C=O) groups excluding carboxylic acids is 2. The fraction of sp³-hybridized carbons (Fsp3) is 0.293. The number of hydrogen-bond donors (Lipinski definition) is 2. The molecule has 0 atom stereocenters. The standard InChI is InChI=1S/C41H45N9O2/c1-30-5-14-36(26-38(30)46-41-44-17-15-37(45-41)35-4-3-16-43-27-35)50(39(51)33-10-6-31(7-11-33)28-48-20-18-42-19-21-48)40(52)34-12-8-32(9-13-34)29-49-24-22-47(2)23-25-49/h3-17,26-27,42H,18-25,28-29H2,1-2H3,(H,44,45,46). The van der Waals surface area contributed by atoms with Crippen LogP contribution in [0.3, 0.4) is 0 Å². The molecule has 3 aromatic carbocycles. The van der Waals surface area contributed by atoms with Crippen LogP contribution in [0.1, 0.15) is 37.4 Å². The summed E-state index contributed by atoms with van der Waals surface area (Å²) in [6.45, 7) is 11.6. The van der Waals surface area contributed by atoms with Gasteiger partial charge in [0.1, 0.15) is 0 Å². The van der Waals surface area contributed by atoms with E-state index >= 15 is 0 Å². The first-order valence-electron chi connectivity index (χ1n) is 17.9. The Balaban J connectivity index is 1.16. The zero-order valence-corrected chi connectivity index (χ0v) is 29.8. The summed E-state index contributed by atoms with van der Waals surface area (Å²) in [4.78, 5) is 50.6. The normalized spacial score (nSPS) is 15.7. The van der Waals surface area contributed by atoms with Crippen LogP contribution in [-0.2, 0) is 13.1 Å². The zero-order valence-electron chi connectivity index (χ0n) is 29.8. The minimum Gasteiger partial charge on any atom is -0.324 e. The topological polar surface area (TPSA) is 110 Å². The molecule has 2 amide bonds. The molecular formula is C41H45N9O2. The van der Waals surface area contributed by atoms with Crippen molar-refractivity contribution in [2.45, 2.75) is 20.0 Å². The first-order chi connectivity index (χ1) is 25.4. The van der Waals surface area contributed by atoms with Crippen molar-refractivity contribution in [3.63, 3.8) is 0 Å². The molecule has 4 heterocycles. The Bertz CT molecular complexity index is 1970. The number of pyridine rings is 1. The highest BCUT2D eigenvalue weighted by atomic mass is 16.2. The SMILES string of the molecule is Cc1ccc(N(C(=O)c2ccc(CN3CCNCC3)cc2)C(=O)c2ccc(CN3CCN(C)CC3)cc2)cc1Nc1nccc(-c2cccnc2)n1. The lowest BCUT2D eigenvalue weighted by Crippen LogP contribution is -2.43. The van der Waals surface area contributed by atoms with Gasteiger partial charge in [-0.15, -0.1) is 0 Å². The van der Waals surface area contributed by atoms with Crippen LogP contribution in [0.5, 0.6) is 0 Å². The van der Waals surface area contributed by atoms with Crippen molar-refractivity contribution in [1.29, 1.82) is 0 Å². The van der Waals surface area contributed by atoms with Crippen molar-refractivity contribution in [3.8, 4) is 11.3 Å². The zero-order chi connectivity index (χ0) is 35.9. The van der Waals surface area contributed by atoms with Gasteiger partial charge in [0.15, 0.2) is 0 Å². The number of nitrogens with one attached hydrogen (secondary N) is 2. The molecule has 2 aromatic heterocycles. The molecule has 0 bridgehead atoms. The molecule has 2 N–H and O–H groups in total. The molecule has 2 saturated heterocycles. The van der Waals surface area contributed by atoms with E-state index in [0.29, 0.717) is 28.5 Å². The van der Waals surface area contributed by atoms with E-state index in [9.17, 15) is 9.59 Å². The molecule has 2 aliphatic rings. The average molecular weight is 696 g/mol. The maximum Gasteiger partial charge on any atom is 0.265 e. The monoisotopic (exact) mass is 695 g/mol. The lowest BCUT2D eigenvalue weighted by Gasteiger charge is -2.32. The van der Waals surface area contributed by atoms with Crippen molar-refractivity contribution in [2.24, 2.45) is 0 Å². The van der Waals surface area contributed by atoms with Crippen LogP contribution in [0.4, 0.5) is 17.3 Å². The first kappa shape index (κ1) is 35.1. The molecule has 5 aromatic rings. The van der Waals surface area contributed by atoms with Gasteiger partial charge in [0, 0.05) is 106 Å². The third-order valence-corrected chi connectivity index (χ3v) is 9.76. The molecule has 0 aliphatic carbocycles. The van der Waals surface area contributed by atoms with E-state index in [-0.39, 0.29) is 0 Å². The van der Waals surface area contributed by atoms with Gasteiger partial charge in [-0.3, -0.25) is 24.4 Å². The molecule has 0 radical (unpaired) electrons. The molecule has 52 heavy (non-hydrogen) atoms. The minimum absolute atomic E-state index is 0.391. The number of aromatic nitrogens is 3. The molecule has 2 fully saturated rings. The molecule has 2 aliphatic heterocycles. The Hall–Kier alpha value is -5.33. The summed E-state index contributed by atoms with van der Waals surface area (Å²) in [5.41, 5.74) is 6.76. The number of amides is 2. The largest absolute Gasteiger partial charge is 0.324 e. The van der Waals surface area contributed by atoms with Gasteiger partial charge in [-0.05, 0) is 85.3 Å². The van der Waals surface area contributed by atoms with Crippen LogP contribution in [0, 0.1) is 6.92 Å². The lowest BCUT2D eigenvalue weighted by atomic mass is 10.1. The minimum atomic E-state index is -0.398. The number of aryl methyl sites for hydroxylation is 1. The fourth-order valence-corrected chi connectivity index (χ4v) is 6.58. The third-order valence-electron chi connectivity index (χ3n) is 9.76. The van der Waals surface area contributed by atoms with Crippen LogP contribution in [-0.4, -0.2) is 101 Å². The van der Waals surface area contributed by atoms with Crippen LogP contribution in [0.15, 0.2) is 104 Å². The van der Waals surface area contributed by atoms with E-state index in [1.54, 1.807) is 18.6 Å². The Morgan fingerprint density at radius 3 is 2.02 bits per heavy atom. The molecule has 0 saturated carbocycles. The summed E-state index contributed by atoms with van der Waals surface area (Å²) in [7, 11) is 2.15. The Kier molecular flexibility index (Phi) is 11.0. The average Bonchev–Trinajstić information content (AvgIpc) is 3.18. The summed E-state index contributed by atoms with van der Waals surface area (Å²) in [6.07, 6.45) is 5.16. The van der Waals surface area contributed by atoms with E-state index in [1.165, 1.54) is 4.90 Å². The highest BCUT2D eigenvalue weighted by Gasteiger charge is 2.27. The van der Waals surface area contributed by atoms with E-state index in [1.807, 2.05) is 91.9 Å². The number of hydrogen-bond acceptors (Lipinski definition) is 10. The van der Waals surface area contributed by atoms with Gasteiger partial charge < -0.3 is 15.5 Å². The van der Waals surface area contributed by atoms with E-state index in [4.69, 9.17) is 4.98 Å². The lowest BCUT2D eigenvalue weighted by molar-refractivity contribution is 0.0897. The van der Waals surface area contributed by atoms with Crippen molar-refractivity contribution in [1.82, 2.24) is 35.0 Å². The number of anilines is 3. The number of likely N-dealkylation sites (N-methyl/N-ethyl adjacent to an activating group) is 1. The number of rotatable bonds is 10. The predicted octanol–water partition coefficient (Wildman–Crippen LogP) is 5.23. The molecule has 7 rings (SSSR count). The number of nitrogens with zero attached hydrogens (tertiary/aromatic N) is 7. The number of imide groups is 1. The summed E-state index contributed by atoms with van der Waals surface area (Å²) in [5, 5.41) is 6.71. The Labute approximate surface area is 305 Å². The summed E-state index contributed by atoms with van der Waals surface area (Å²) >= 11 is 0. The second-order valence-electron chi connectivity index (χ2n) is 13.6. The van der Waals surface area contributed by atoms with Crippen LogP contribution in [0.25, 0.3) is 11.3 Å². The maximum atomic E-state index is 14.4. The molecule has 0 spiro atoms. The van der Waals surface area contributed by atoms with Gasteiger partial charge in [0.05, 0.1) is 11.4 Å². The van der Waals surface area contributed by atoms with E-state index < -0.39 is 11.8 Å². The van der Waals surface area contributed by atoms with Crippen LogP contribution >= 0.6 is 0 Å². The van der Waals surface area contributed by atoms with Gasteiger partial charge in [0.2, 0.25) is 5.95 Å².